The summed E-state index contributed by atoms with van der Waals surface area (Å²) in [5.41, 5.74) is 12.7. The molecule has 33 heavy (non-hydrogen) atoms. The van der Waals surface area contributed by atoms with Crippen molar-refractivity contribution in [3.8, 4) is 28.3 Å². The van der Waals surface area contributed by atoms with E-state index in [0.29, 0.717) is 5.92 Å². The molecule has 9 nitrogen and oxygen atoms in total. The van der Waals surface area contributed by atoms with Crippen LogP contribution >= 0.6 is 0 Å². The average Bonchev–Trinajstić information content (AvgIpc) is 3.38. The SMILES string of the molecule is C=C(C)n1c(-c2nc(C3CC3)ccc2-n2cncn2)nc2cc(-c3cnc(N)nc3)ccc21. The highest BCUT2D eigenvalue weighted by Gasteiger charge is 2.27. The molecule has 0 amide bonds. The summed E-state index contributed by atoms with van der Waals surface area (Å²) in [5, 5.41) is 4.33. The summed E-state index contributed by atoms with van der Waals surface area (Å²) < 4.78 is 3.76. The summed E-state index contributed by atoms with van der Waals surface area (Å²) in [6.07, 6.45) is 8.94. The zero-order chi connectivity index (χ0) is 22.5. The van der Waals surface area contributed by atoms with Crippen LogP contribution in [0.25, 0.3) is 45.1 Å². The van der Waals surface area contributed by atoms with Gasteiger partial charge in [-0.05, 0) is 49.6 Å². The molecule has 1 aliphatic carbocycles. The molecule has 4 aromatic heterocycles. The quantitative estimate of drug-likeness (QED) is 0.442. The maximum Gasteiger partial charge on any atom is 0.219 e. The highest BCUT2D eigenvalue weighted by molar-refractivity contribution is 5.88. The fourth-order valence-electron chi connectivity index (χ4n) is 4.05. The van der Waals surface area contributed by atoms with Crippen molar-refractivity contribution in [2.24, 2.45) is 0 Å². The maximum atomic E-state index is 5.64. The number of nitrogens with two attached hydrogens (primary N) is 1. The van der Waals surface area contributed by atoms with Crippen LogP contribution in [0.4, 0.5) is 5.95 Å². The van der Waals surface area contributed by atoms with Gasteiger partial charge in [0.2, 0.25) is 5.95 Å². The first-order chi connectivity index (χ1) is 16.1. The molecule has 0 bridgehead atoms. The Morgan fingerprint density at radius 2 is 1.88 bits per heavy atom. The lowest BCUT2D eigenvalue weighted by molar-refractivity contribution is 0.864. The normalized spacial score (nSPS) is 13.5. The van der Waals surface area contributed by atoms with Gasteiger partial charge in [0.25, 0.3) is 0 Å². The summed E-state index contributed by atoms with van der Waals surface area (Å²) in [6.45, 7) is 6.18. The van der Waals surface area contributed by atoms with Crippen LogP contribution in [0.5, 0.6) is 0 Å². The van der Waals surface area contributed by atoms with E-state index >= 15 is 0 Å². The molecule has 0 unspecified atom stereocenters. The average molecular weight is 435 g/mol. The minimum atomic E-state index is 0.246. The molecule has 2 N–H and O–H groups in total. The van der Waals surface area contributed by atoms with Gasteiger partial charge in [-0.3, -0.25) is 4.57 Å². The smallest absolute Gasteiger partial charge is 0.219 e. The third kappa shape index (κ3) is 3.34. The van der Waals surface area contributed by atoms with Crippen LogP contribution in [0.1, 0.15) is 31.4 Å². The lowest BCUT2D eigenvalue weighted by Crippen LogP contribution is -2.06. The summed E-state index contributed by atoms with van der Waals surface area (Å²) in [4.78, 5) is 22.4. The number of hydrogen-bond donors (Lipinski definition) is 1. The second kappa shape index (κ2) is 7.33. The molecule has 9 heteroatoms. The van der Waals surface area contributed by atoms with E-state index in [1.807, 2.05) is 35.8 Å². The van der Waals surface area contributed by atoms with Gasteiger partial charge in [0.15, 0.2) is 5.82 Å². The first-order valence-electron chi connectivity index (χ1n) is 10.7. The van der Waals surface area contributed by atoms with Gasteiger partial charge >= 0.3 is 0 Å². The predicted molar refractivity (Wildman–Crippen MR) is 126 cm³/mol. The van der Waals surface area contributed by atoms with Gasteiger partial charge < -0.3 is 5.73 Å². The fourth-order valence-corrected chi connectivity index (χ4v) is 4.05. The summed E-state index contributed by atoms with van der Waals surface area (Å²) >= 11 is 0. The summed E-state index contributed by atoms with van der Waals surface area (Å²) in [7, 11) is 0. The van der Waals surface area contributed by atoms with Gasteiger partial charge in [0.1, 0.15) is 18.3 Å². The number of benzene rings is 1. The Labute approximate surface area is 189 Å². The van der Waals surface area contributed by atoms with E-state index in [-0.39, 0.29) is 5.95 Å². The van der Waals surface area contributed by atoms with Crippen LogP contribution in [0, 0.1) is 0 Å². The lowest BCUT2D eigenvalue weighted by atomic mass is 10.1. The van der Waals surface area contributed by atoms with Gasteiger partial charge in [-0.15, -0.1) is 0 Å². The topological polar surface area (TPSA) is 113 Å². The second-order valence-electron chi connectivity index (χ2n) is 8.26. The van der Waals surface area contributed by atoms with Crippen LogP contribution in [0.3, 0.4) is 0 Å². The molecule has 1 aromatic carbocycles. The lowest BCUT2D eigenvalue weighted by Gasteiger charge is -2.13. The van der Waals surface area contributed by atoms with Gasteiger partial charge in [-0.2, -0.15) is 5.10 Å². The number of pyridine rings is 1. The minimum Gasteiger partial charge on any atom is -0.368 e. The van der Waals surface area contributed by atoms with E-state index < -0.39 is 0 Å². The van der Waals surface area contributed by atoms with Gasteiger partial charge in [0, 0.05) is 35.3 Å². The molecule has 5 aromatic rings. The molecule has 162 valence electrons. The van der Waals surface area contributed by atoms with Gasteiger partial charge in [0.05, 0.1) is 16.7 Å². The molecule has 0 radical (unpaired) electrons. The van der Waals surface area contributed by atoms with Crippen LogP contribution < -0.4 is 5.73 Å². The van der Waals surface area contributed by atoms with E-state index in [1.165, 1.54) is 19.2 Å². The van der Waals surface area contributed by atoms with Crippen molar-refractivity contribution in [3.05, 3.63) is 67.7 Å². The molecule has 0 saturated heterocycles. The van der Waals surface area contributed by atoms with E-state index in [0.717, 1.165) is 50.8 Å². The zero-order valence-corrected chi connectivity index (χ0v) is 18.0. The molecule has 6 rings (SSSR count). The molecule has 1 fully saturated rings. The molecule has 1 aliphatic rings. The first-order valence-corrected chi connectivity index (χ1v) is 10.7. The van der Waals surface area contributed by atoms with Crippen LogP contribution in [-0.2, 0) is 0 Å². The third-order valence-electron chi connectivity index (χ3n) is 5.81. The monoisotopic (exact) mass is 435 g/mol. The van der Waals surface area contributed by atoms with Crippen molar-refractivity contribution in [2.45, 2.75) is 25.7 Å². The molecule has 1 saturated carbocycles. The summed E-state index contributed by atoms with van der Waals surface area (Å²) in [6, 6.07) is 10.2. The van der Waals surface area contributed by atoms with Crippen molar-refractivity contribution >= 4 is 22.7 Å². The van der Waals surface area contributed by atoms with Crippen LogP contribution in [0.2, 0.25) is 0 Å². The van der Waals surface area contributed by atoms with Crippen molar-refractivity contribution < 1.29 is 0 Å². The second-order valence-corrected chi connectivity index (χ2v) is 8.26. The standard InChI is InChI=1S/C24H21N9/c1-14(2)33-20-7-5-16(17-10-27-24(25)28-11-17)9-19(20)31-23(33)22-21(32-13-26-12-29-32)8-6-18(30-22)15-3-4-15/h5-13,15H,1,3-4H2,2H3,(H2,25,27,28). The molecular formula is C24H21N9. The largest absolute Gasteiger partial charge is 0.368 e. The molecule has 0 atom stereocenters. The van der Waals surface area contributed by atoms with Gasteiger partial charge in [-0.25, -0.2) is 29.6 Å². The van der Waals surface area contributed by atoms with E-state index in [2.05, 4.69) is 32.7 Å². The highest BCUT2D eigenvalue weighted by Crippen LogP contribution is 2.41. The van der Waals surface area contributed by atoms with E-state index in [9.17, 15) is 0 Å². The van der Waals surface area contributed by atoms with Gasteiger partial charge in [-0.1, -0.05) is 12.6 Å². The minimum absolute atomic E-state index is 0.246. The Morgan fingerprint density at radius 1 is 1.06 bits per heavy atom. The Bertz CT molecular complexity index is 1490. The zero-order valence-electron chi connectivity index (χ0n) is 18.0. The predicted octanol–water partition coefficient (Wildman–Crippen LogP) is 4.09. The number of aromatic nitrogens is 8. The number of nitrogen functional groups attached to an aromatic ring is 1. The van der Waals surface area contributed by atoms with Crippen molar-refractivity contribution in [1.82, 2.24) is 39.3 Å². The highest BCUT2D eigenvalue weighted by atomic mass is 15.3. The number of fused-ring (bicyclic) bond motifs is 1. The summed E-state index contributed by atoms with van der Waals surface area (Å²) in [5.74, 6) is 1.47. The van der Waals surface area contributed by atoms with Crippen LogP contribution in [-0.4, -0.2) is 39.3 Å². The fraction of sp³-hybridized carbons (Fsp3) is 0.167. The number of imidazole rings is 1. The maximum absolute atomic E-state index is 5.64. The van der Waals surface area contributed by atoms with Crippen LogP contribution in [0.15, 0.2) is 62.0 Å². The van der Waals surface area contributed by atoms with Crippen molar-refractivity contribution in [2.75, 3.05) is 5.73 Å². The molecular weight excluding hydrogens is 414 g/mol. The third-order valence-corrected chi connectivity index (χ3v) is 5.81. The van der Waals surface area contributed by atoms with Crippen molar-refractivity contribution in [3.63, 3.8) is 0 Å². The van der Waals surface area contributed by atoms with E-state index in [4.69, 9.17) is 15.7 Å². The molecule has 4 heterocycles. The Hall–Kier alpha value is -4.40. The molecule has 0 spiro atoms. The van der Waals surface area contributed by atoms with Crippen molar-refractivity contribution in [1.29, 1.82) is 0 Å². The van der Waals surface area contributed by atoms with E-state index in [1.54, 1.807) is 23.4 Å². The Balaban J connectivity index is 1.57. The molecule has 0 aliphatic heterocycles. The Kier molecular flexibility index (Phi) is 4.29. The Morgan fingerprint density at radius 3 is 2.58 bits per heavy atom. The number of anilines is 1. The number of rotatable bonds is 5. The number of nitrogens with zero attached hydrogens (tertiary/aromatic N) is 8. The number of hydrogen-bond acceptors (Lipinski definition) is 7. The first kappa shape index (κ1) is 19.3. The number of allylic oxidation sites excluding steroid dienone is 1.